The Morgan fingerprint density at radius 1 is 0.282 bits per heavy atom. The number of unbranched alkanes of at least 4 members (excludes halogenated alkanes) is 32. The molecule has 0 aromatic carbocycles. The molecule has 0 amide bonds. The predicted octanol–water partition coefficient (Wildman–Crippen LogP) is 20.5. The first-order chi connectivity index (χ1) is 35.0. The van der Waals surface area contributed by atoms with Crippen LogP contribution in [0.15, 0.2) is 72.9 Å². The van der Waals surface area contributed by atoms with E-state index < -0.39 is 6.10 Å². The molecule has 0 heterocycles. The number of ether oxygens (including phenoxy) is 3. The van der Waals surface area contributed by atoms with Crippen LogP contribution in [0.2, 0.25) is 0 Å². The first kappa shape index (κ1) is 67.8. The highest BCUT2D eigenvalue weighted by Crippen LogP contribution is 2.16. The SMILES string of the molecule is CCCCC/C=C\C/C=C\C/C=C\CCCCC(=O)OC[C@H](COC(=O)CCC/C=C\C/C=C\C/C=C\CCCCCCCC)OC(=O)CCCCCCCCCCCCCCCCCCCCCCC. The Kier molecular flexibility index (Phi) is 56.8. The van der Waals surface area contributed by atoms with Crippen LogP contribution < -0.4 is 0 Å². The molecule has 0 aromatic heterocycles. The van der Waals surface area contributed by atoms with Gasteiger partial charge in [0.1, 0.15) is 13.2 Å². The number of hydrogen-bond acceptors (Lipinski definition) is 6. The van der Waals surface area contributed by atoms with Crippen molar-refractivity contribution in [3.8, 4) is 0 Å². The van der Waals surface area contributed by atoms with Gasteiger partial charge in [0.05, 0.1) is 0 Å². The normalized spacial score (nSPS) is 12.5. The Morgan fingerprint density at radius 2 is 0.521 bits per heavy atom. The van der Waals surface area contributed by atoms with Crippen molar-refractivity contribution in [3.05, 3.63) is 72.9 Å². The molecule has 6 nitrogen and oxygen atoms in total. The van der Waals surface area contributed by atoms with Gasteiger partial charge in [-0.25, -0.2) is 0 Å². The molecule has 0 bridgehead atoms. The molecule has 410 valence electrons. The van der Waals surface area contributed by atoms with Gasteiger partial charge in [-0.2, -0.15) is 0 Å². The Morgan fingerprint density at radius 3 is 0.901 bits per heavy atom. The van der Waals surface area contributed by atoms with Crippen molar-refractivity contribution in [2.24, 2.45) is 0 Å². The fourth-order valence-corrected chi connectivity index (χ4v) is 8.58. The molecular weight excluding hydrogens is 877 g/mol. The topological polar surface area (TPSA) is 78.9 Å². The second-order valence-electron chi connectivity index (χ2n) is 20.3. The second-order valence-corrected chi connectivity index (χ2v) is 20.3. The van der Waals surface area contributed by atoms with E-state index in [9.17, 15) is 14.4 Å². The van der Waals surface area contributed by atoms with E-state index in [-0.39, 0.29) is 37.5 Å². The molecule has 0 radical (unpaired) electrons. The average Bonchev–Trinajstić information content (AvgIpc) is 3.37. The van der Waals surface area contributed by atoms with Crippen LogP contribution in [0.25, 0.3) is 0 Å². The monoisotopic (exact) mass is 991 g/mol. The third-order valence-electron chi connectivity index (χ3n) is 13.2. The van der Waals surface area contributed by atoms with E-state index in [1.165, 1.54) is 186 Å². The fourth-order valence-electron chi connectivity index (χ4n) is 8.58. The summed E-state index contributed by atoms with van der Waals surface area (Å²) in [4.78, 5) is 38.2. The van der Waals surface area contributed by atoms with Gasteiger partial charge in [0, 0.05) is 19.3 Å². The fraction of sp³-hybridized carbons (Fsp3) is 0.769. The molecule has 0 aliphatic carbocycles. The van der Waals surface area contributed by atoms with Crippen LogP contribution >= 0.6 is 0 Å². The lowest BCUT2D eigenvalue weighted by atomic mass is 10.0. The molecule has 1 atom stereocenters. The van der Waals surface area contributed by atoms with Gasteiger partial charge >= 0.3 is 17.9 Å². The number of carbonyl (C=O) groups excluding carboxylic acids is 3. The van der Waals surface area contributed by atoms with Crippen molar-refractivity contribution in [3.63, 3.8) is 0 Å². The quantitative estimate of drug-likeness (QED) is 0.0261. The number of hydrogen-bond donors (Lipinski definition) is 0. The highest BCUT2D eigenvalue weighted by molar-refractivity contribution is 5.71. The van der Waals surface area contributed by atoms with E-state index >= 15 is 0 Å². The molecule has 0 aromatic rings. The predicted molar refractivity (Wildman–Crippen MR) is 307 cm³/mol. The first-order valence-corrected chi connectivity index (χ1v) is 30.4. The van der Waals surface area contributed by atoms with Crippen molar-refractivity contribution < 1.29 is 28.6 Å². The van der Waals surface area contributed by atoms with E-state index in [2.05, 4.69) is 93.7 Å². The zero-order valence-corrected chi connectivity index (χ0v) is 47.0. The molecule has 71 heavy (non-hydrogen) atoms. The van der Waals surface area contributed by atoms with Crippen molar-refractivity contribution in [2.45, 2.75) is 309 Å². The number of esters is 3. The van der Waals surface area contributed by atoms with Gasteiger partial charge in [-0.15, -0.1) is 0 Å². The van der Waals surface area contributed by atoms with Crippen LogP contribution in [0.1, 0.15) is 303 Å². The van der Waals surface area contributed by atoms with Gasteiger partial charge in [-0.3, -0.25) is 14.4 Å². The summed E-state index contributed by atoms with van der Waals surface area (Å²) in [6.45, 7) is 6.56. The average molecular weight is 992 g/mol. The lowest BCUT2D eigenvalue weighted by Gasteiger charge is -2.18. The highest BCUT2D eigenvalue weighted by atomic mass is 16.6. The van der Waals surface area contributed by atoms with E-state index in [1.54, 1.807) is 0 Å². The van der Waals surface area contributed by atoms with Gasteiger partial charge in [-0.1, -0.05) is 267 Å². The number of allylic oxidation sites excluding steroid dienone is 12. The Bertz CT molecular complexity index is 1320. The minimum atomic E-state index is -0.810. The van der Waals surface area contributed by atoms with Gasteiger partial charge < -0.3 is 14.2 Å². The van der Waals surface area contributed by atoms with Gasteiger partial charge in [0.2, 0.25) is 0 Å². The maximum Gasteiger partial charge on any atom is 0.306 e. The molecule has 0 unspecified atom stereocenters. The summed E-state index contributed by atoms with van der Waals surface area (Å²) >= 11 is 0. The molecule has 6 heteroatoms. The van der Waals surface area contributed by atoms with Crippen molar-refractivity contribution in [2.75, 3.05) is 13.2 Å². The summed E-state index contributed by atoms with van der Waals surface area (Å²) in [7, 11) is 0. The van der Waals surface area contributed by atoms with Crippen LogP contribution in [-0.2, 0) is 28.6 Å². The van der Waals surface area contributed by atoms with Crippen LogP contribution in [-0.4, -0.2) is 37.2 Å². The van der Waals surface area contributed by atoms with E-state index in [1.807, 2.05) is 0 Å². The maximum atomic E-state index is 12.9. The summed E-state index contributed by atoms with van der Waals surface area (Å²) in [5, 5.41) is 0. The van der Waals surface area contributed by atoms with Gasteiger partial charge in [-0.05, 0) is 89.9 Å². The Balaban J connectivity index is 4.44. The maximum absolute atomic E-state index is 12.9. The Labute approximate surface area is 440 Å². The summed E-state index contributed by atoms with van der Waals surface area (Å²) in [6.07, 6.45) is 76.3. The van der Waals surface area contributed by atoms with Gasteiger partial charge in [0.25, 0.3) is 0 Å². The molecule has 0 aliphatic rings. The largest absolute Gasteiger partial charge is 0.462 e. The molecule has 0 N–H and O–H groups in total. The number of carbonyl (C=O) groups is 3. The molecule has 0 aliphatic heterocycles. The Hall–Kier alpha value is -3.15. The number of rotatable bonds is 55. The molecule has 0 saturated heterocycles. The molecule has 0 spiro atoms. The second kappa shape index (κ2) is 59.4. The van der Waals surface area contributed by atoms with Crippen LogP contribution in [0.3, 0.4) is 0 Å². The van der Waals surface area contributed by atoms with Crippen LogP contribution in [0.4, 0.5) is 0 Å². The minimum Gasteiger partial charge on any atom is -0.462 e. The molecule has 0 saturated carbocycles. The van der Waals surface area contributed by atoms with Crippen LogP contribution in [0, 0.1) is 0 Å². The van der Waals surface area contributed by atoms with Crippen molar-refractivity contribution in [1.29, 1.82) is 0 Å². The zero-order chi connectivity index (χ0) is 51.4. The van der Waals surface area contributed by atoms with Crippen LogP contribution in [0.5, 0.6) is 0 Å². The van der Waals surface area contributed by atoms with E-state index in [0.29, 0.717) is 19.3 Å². The third kappa shape index (κ3) is 57.6. The third-order valence-corrected chi connectivity index (χ3v) is 13.2. The summed E-state index contributed by atoms with van der Waals surface area (Å²) in [6, 6.07) is 0. The van der Waals surface area contributed by atoms with Gasteiger partial charge in [0.15, 0.2) is 6.10 Å². The standard InChI is InChI=1S/C65H114O6/c1-4-7-10-13-16-19-22-25-28-30-31-32-33-35-38-41-44-47-50-53-56-59-65(68)71-62(60-69-63(66)57-54-51-48-45-42-39-36-27-24-21-18-15-12-9-6-3)61-70-64(67)58-55-52-49-46-43-40-37-34-29-26-23-20-17-14-11-8-5-2/h18,21,26-27,29,36-37,40,42,45-46,49,62H,4-17,19-20,22-25,28,30-35,38-39,41,43-44,47-48,50-61H2,1-3H3/b21-18-,29-26-,36-27-,40-37-,45-42-,49-46-/t62-/m1/s1. The van der Waals surface area contributed by atoms with E-state index in [0.717, 1.165) is 70.6 Å². The summed E-state index contributed by atoms with van der Waals surface area (Å²) in [5.74, 6) is -0.984. The van der Waals surface area contributed by atoms with Crippen molar-refractivity contribution in [1.82, 2.24) is 0 Å². The summed E-state index contributed by atoms with van der Waals surface area (Å²) in [5.41, 5.74) is 0. The lowest BCUT2D eigenvalue weighted by Crippen LogP contribution is -2.30. The van der Waals surface area contributed by atoms with E-state index in [4.69, 9.17) is 14.2 Å². The molecule has 0 fully saturated rings. The van der Waals surface area contributed by atoms with Crippen molar-refractivity contribution >= 4 is 17.9 Å². The molecular formula is C65H114O6. The smallest absolute Gasteiger partial charge is 0.306 e. The lowest BCUT2D eigenvalue weighted by molar-refractivity contribution is -0.167. The minimum absolute atomic E-state index is 0.109. The molecule has 0 rings (SSSR count). The summed E-state index contributed by atoms with van der Waals surface area (Å²) < 4.78 is 16.8. The zero-order valence-electron chi connectivity index (χ0n) is 47.0. The highest BCUT2D eigenvalue weighted by Gasteiger charge is 2.19. The first-order valence-electron chi connectivity index (χ1n) is 30.4.